The fourth-order valence-electron chi connectivity index (χ4n) is 1.95. The highest BCUT2D eigenvalue weighted by molar-refractivity contribution is 5.95. The average Bonchev–Trinajstić information content (AvgIpc) is 2.46. The molecule has 2 rings (SSSR count). The SMILES string of the molecule is COC(=O)c1cc(F)ccc1NCc1ccccc1C. The first-order valence-electron chi connectivity index (χ1n) is 6.28. The normalized spacial score (nSPS) is 10.2. The van der Waals surface area contributed by atoms with Gasteiger partial charge in [-0.15, -0.1) is 0 Å². The van der Waals surface area contributed by atoms with E-state index in [1.807, 2.05) is 31.2 Å². The van der Waals surface area contributed by atoms with Crippen LogP contribution in [0.15, 0.2) is 42.5 Å². The maximum Gasteiger partial charge on any atom is 0.340 e. The van der Waals surface area contributed by atoms with Gasteiger partial charge in [0.2, 0.25) is 0 Å². The van der Waals surface area contributed by atoms with E-state index >= 15 is 0 Å². The largest absolute Gasteiger partial charge is 0.465 e. The molecular weight excluding hydrogens is 257 g/mol. The van der Waals surface area contributed by atoms with Crippen LogP contribution >= 0.6 is 0 Å². The van der Waals surface area contributed by atoms with E-state index in [0.29, 0.717) is 12.2 Å². The highest BCUT2D eigenvalue weighted by atomic mass is 19.1. The van der Waals surface area contributed by atoms with Crippen molar-refractivity contribution in [3.63, 3.8) is 0 Å². The van der Waals surface area contributed by atoms with Crippen LogP contribution in [0.25, 0.3) is 0 Å². The molecule has 0 saturated heterocycles. The number of nitrogens with one attached hydrogen (secondary N) is 1. The van der Waals surface area contributed by atoms with Gasteiger partial charge in [-0.2, -0.15) is 0 Å². The summed E-state index contributed by atoms with van der Waals surface area (Å²) in [5, 5.41) is 3.15. The minimum Gasteiger partial charge on any atom is -0.465 e. The Hall–Kier alpha value is -2.36. The number of hydrogen-bond acceptors (Lipinski definition) is 3. The Bertz CT molecular complexity index is 626. The second-order valence-electron chi connectivity index (χ2n) is 4.46. The van der Waals surface area contributed by atoms with Crippen LogP contribution < -0.4 is 5.32 Å². The van der Waals surface area contributed by atoms with Crippen molar-refractivity contribution >= 4 is 11.7 Å². The Morgan fingerprint density at radius 3 is 2.70 bits per heavy atom. The Labute approximate surface area is 117 Å². The maximum atomic E-state index is 13.2. The summed E-state index contributed by atoms with van der Waals surface area (Å²) in [4.78, 5) is 11.6. The second kappa shape index (κ2) is 6.19. The van der Waals surface area contributed by atoms with Gasteiger partial charge in [0, 0.05) is 12.2 Å². The van der Waals surface area contributed by atoms with Crippen molar-refractivity contribution in [2.45, 2.75) is 13.5 Å². The third-order valence-corrected chi connectivity index (χ3v) is 3.12. The highest BCUT2D eigenvalue weighted by Gasteiger charge is 2.13. The second-order valence-corrected chi connectivity index (χ2v) is 4.46. The van der Waals surface area contributed by atoms with Crippen molar-refractivity contribution in [2.24, 2.45) is 0 Å². The summed E-state index contributed by atoms with van der Waals surface area (Å²) >= 11 is 0. The topological polar surface area (TPSA) is 38.3 Å². The van der Waals surface area contributed by atoms with Crippen molar-refractivity contribution in [1.29, 1.82) is 0 Å². The first-order chi connectivity index (χ1) is 9.61. The molecule has 4 heteroatoms. The number of halogens is 1. The number of ether oxygens (including phenoxy) is 1. The molecule has 104 valence electrons. The van der Waals surface area contributed by atoms with Gasteiger partial charge in [0.05, 0.1) is 12.7 Å². The summed E-state index contributed by atoms with van der Waals surface area (Å²) in [7, 11) is 1.28. The van der Waals surface area contributed by atoms with Gasteiger partial charge >= 0.3 is 5.97 Å². The molecule has 0 radical (unpaired) electrons. The summed E-state index contributed by atoms with van der Waals surface area (Å²) in [6.07, 6.45) is 0. The van der Waals surface area contributed by atoms with E-state index < -0.39 is 11.8 Å². The van der Waals surface area contributed by atoms with Crippen LogP contribution in [0.2, 0.25) is 0 Å². The molecule has 3 nitrogen and oxygen atoms in total. The molecular formula is C16H16FNO2. The zero-order valence-corrected chi connectivity index (χ0v) is 11.4. The monoisotopic (exact) mass is 273 g/mol. The van der Waals surface area contributed by atoms with E-state index in [9.17, 15) is 9.18 Å². The predicted octanol–water partition coefficient (Wildman–Crippen LogP) is 3.53. The first-order valence-corrected chi connectivity index (χ1v) is 6.28. The molecule has 0 unspecified atom stereocenters. The lowest BCUT2D eigenvalue weighted by atomic mass is 10.1. The number of methoxy groups -OCH3 is 1. The summed E-state index contributed by atoms with van der Waals surface area (Å²) < 4.78 is 17.9. The quantitative estimate of drug-likeness (QED) is 0.866. The van der Waals surface area contributed by atoms with Crippen LogP contribution in [0, 0.1) is 12.7 Å². The highest BCUT2D eigenvalue weighted by Crippen LogP contribution is 2.19. The lowest BCUT2D eigenvalue weighted by Gasteiger charge is -2.12. The van der Waals surface area contributed by atoms with Crippen molar-refractivity contribution in [3.05, 3.63) is 65.0 Å². The van der Waals surface area contributed by atoms with Crippen molar-refractivity contribution in [1.82, 2.24) is 0 Å². The van der Waals surface area contributed by atoms with Gasteiger partial charge in [-0.1, -0.05) is 24.3 Å². The van der Waals surface area contributed by atoms with E-state index in [1.54, 1.807) is 6.07 Å². The van der Waals surface area contributed by atoms with Gasteiger partial charge in [-0.25, -0.2) is 9.18 Å². The number of carbonyl (C=O) groups is 1. The van der Waals surface area contributed by atoms with Crippen LogP contribution in [-0.2, 0) is 11.3 Å². The smallest absolute Gasteiger partial charge is 0.340 e. The average molecular weight is 273 g/mol. The van der Waals surface area contributed by atoms with Crippen molar-refractivity contribution in [2.75, 3.05) is 12.4 Å². The number of rotatable bonds is 4. The summed E-state index contributed by atoms with van der Waals surface area (Å²) in [5.41, 5.74) is 3.02. The van der Waals surface area contributed by atoms with E-state index in [4.69, 9.17) is 0 Å². The van der Waals surface area contributed by atoms with Crippen LogP contribution in [-0.4, -0.2) is 13.1 Å². The molecule has 0 aliphatic carbocycles. The Balaban J connectivity index is 2.21. The predicted molar refractivity (Wildman–Crippen MR) is 76.2 cm³/mol. The van der Waals surface area contributed by atoms with Gasteiger partial charge in [0.15, 0.2) is 0 Å². The molecule has 0 fully saturated rings. The summed E-state index contributed by atoms with van der Waals surface area (Å²) in [6, 6.07) is 12.0. The summed E-state index contributed by atoms with van der Waals surface area (Å²) in [5.74, 6) is -1.02. The van der Waals surface area contributed by atoms with E-state index in [-0.39, 0.29) is 5.56 Å². The number of benzene rings is 2. The molecule has 1 N–H and O–H groups in total. The lowest BCUT2D eigenvalue weighted by molar-refractivity contribution is 0.0601. The van der Waals surface area contributed by atoms with E-state index in [2.05, 4.69) is 10.1 Å². The molecule has 0 aromatic heterocycles. The minimum absolute atomic E-state index is 0.195. The van der Waals surface area contributed by atoms with Crippen molar-refractivity contribution in [3.8, 4) is 0 Å². The maximum absolute atomic E-state index is 13.2. The molecule has 2 aromatic carbocycles. The summed E-state index contributed by atoms with van der Waals surface area (Å²) in [6.45, 7) is 2.57. The number of aryl methyl sites for hydroxylation is 1. The van der Waals surface area contributed by atoms with E-state index in [1.165, 1.54) is 19.2 Å². The molecule has 0 aliphatic heterocycles. The molecule has 0 saturated carbocycles. The molecule has 0 aliphatic rings. The van der Waals surface area contributed by atoms with Gasteiger partial charge in [0.25, 0.3) is 0 Å². The number of anilines is 1. The number of esters is 1. The van der Waals surface area contributed by atoms with Crippen LogP contribution in [0.1, 0.15) is 21.5 Å². The zero-order valence-electron chi connectivity index (χ0n) is 11.4. The third-order valence-electron chi connectivity index (χ3n) is 3.12. The molecule has 2 aromatic rings. The van der Waals surface area contributed by atoms with Crippen molar-refractivity contribution < 1.29 is 13.9 Å². The Morgan fingerprint density at radius 1 is 1.25 bits per heavy atom. The van der Waals surface area contributed by atoms with Gasteiger partial charge in [0.1, 0.15) is 5.82 Å². The van der Waals surface area contributed by atoms with Crippen LogP contribution in [0.3, 0.4) is 0 Å². The fraction of sp³-hybridized carbons (Fsp3) is 0.188. The van der Waals surface area contributed by atoms with Gasteiger partial charge < -0.3 is 10.1 Å². The van der Waals surface area contributed by atoms with E-state index in [0.717, 1.165) is 11.1 Å². The standard InChI is InChI=1S/C16H16FNO2/c1-11-5-3-4-6-12(11)10-18-15-8-7-13(17)9-14(15)16(19)20-2/h3-9,18H,10H2,1-2H3. The molecule has 20 heavy (non-hydrogen) atoms. The molecule has 0 atom stereocenters. The molecule has 0 spiro atoms. The minimum atomic E-state index is -0.559. The molecule has 0 bridgehead atoms. The van der Waals surface area contributed by atoms with Crippen LogP contribution in [0.4, 0.5) is 10.1 Å². The number of hydrogen-bond donors (Lipinski definition) is 1. The fourth-order valence-corrected chi connectivity index (χ4v) is 1.95. The zero-order chi connectivity index (χ0) is 14.5. The first kappa shape index (κ1) is 14.1. The molecule has 0 heterocycles. The third kappa shape index (κ3) is 3.15. The van der Waals surface area contributed by atoms with Gasteiger partial charge in [-0.05, 0) is 36.2 Å². The lowest BCUT2D eigenvalue weighted by Crippen LogP contribution is -2.09. The molecule has 0 amide bonds. The van der Waals surface area contributed by atoms with Gasteiger partial charge in [-0.3, -0.25) is 0 Å². The Kier molecular flexibility index (Phi) is 4.35. The Morgan fingerprint density at radius 2 is 2.00 bits per heavy atom. The van der Waals surface area contributed by atoms with Crippen LogP contribution in [0.5, 0.6) is 0 Å². The number of carbonyl (C=O) groups excluding carboxylic acids is 1.